The summed E-state index contributed by atoms with van der Waals surface area (Å²) < 4.78 is 25.8. The number of carbonyl (C=O) groups excluding carboxylic acids is 1. The Balaban J connectivity index is 1.95. The van der Waals surface area contributed by atoms with Crippen molar-refractivity contribution < 1.29 is 13.2 Å². The van der Waals surface area contributed by atoms with Gasteiger partial charge in [0.05, 0.1) is 18.0 Å². The SMILES string of the molecule is CCc1ccc(N(CCCC(=O)NC(C)c2ccc(C)cc2C)S(C)(=O)=O)cc1. The minimum Gasteiger partial charge on any atom is -0.350 e. The number of anilines is 1. The van der Waals surface area contributed by atoms with E-state index in [9.17, 15) is 13.2 Å². The highest BCUT2D eigenvalue weighted by atomic mass is 32.2. The van der Waals surface area contributed by atoms with Crippen molar-refractivity contribution in [2.75, 3.05) is 17.1 Å². The molecule has 0 fully saturated rings. The summed E-state index contributed by atoms with van der Waals surface area (Å²) in [4.78, 5) is 12.4. The summed E-state index contributed by atoms with van der Waals surface area (Å²) in [6.45, 7) is 8.38. The van der Waals surface area contributed by atoms with Crippen LogP contribution in [0, 0.1) is 13.8 Å². The largest absolute Gasteiger partial charge is 0.350 e. The fraction of sp³-hybridized carbons (Fsp3) is 0.435. The molecule has 0 spiro atoms. The summed E-state index contributed by atoms with van der Waals surface area (Å²) in [5.74, 6) is -0.0766. The van der Waals surface area contributed by atoms with Gasteiger partial charge in [0, 0.05) is 13.0 Å². The molecule has 0 saturated heterocycles. The topological polar surface area (TPSA) is 66.5 Å². The number of nitrogens with one attached hydrogen (secondary N) is 1. The van der Waals surface area contributed by atoms with Gasteiger partial charge in [-0.15, -0.1) is 0 Å². The van der Waals surface area contributed by atoms with Crippen LogP contribution in [-0.2, 0) is 21.2 Å². The van der Waals surface area contributed by atoms with Crippen LogP contribution in [0.1, 0.15) is 55.0 Å². The van der Waals surface area contributed by atoms with E-state index in [-0.39, 0.29) is 24.9 Å². The van der Waals surface area contributed by atoms with Gasteiger partial charge in [0.2, 0.25) is 15.9 Å². The number of carbonyl (C=O) groups is 1. The quantitative estimate of drug-likeness (QED) is 0.663. The van der Waals surface area contributed by atoms with Gasteiger partial charge in [0.15, 0.2) is 0 Å². The molecule has 6 heteroatoms. The highest BCUT2D eigenvalue weighted by Crippen LogP contribution is 2.21. The van der Waals surface area contributed by atoms with Crippen molar-refractivity contribution in [3.63, 3.8) is 0 Å². The monoisotopic (exact) mass is 416 g/mol. The number of aryl methyl sites for hydroxylation is 3. The lowest BCUT2D eigenvalue weighted by atomic mass is 10.00. The molecule has 158 valence electrons. The van der Waals surface area contributed by atoms with Crippen LogP contribution in [0.15, 0.2) is 42.5 Å². The Morgan fingerprint density at radius 3 is 2.31 bits per heavy atom. The maximum atomic E-state index is 12.4. The van der Waals surface area contributed by atoms with E-state index in [1.165, 1.54) is 16.1 Å². The average Bonchev–Trinajstić information content (AvgIpc) is 2.64. The molecule has 0 radical (unpaired) electrons. The van der Waals surface area contributed by atoms with E-state index in [2.05, 4.69) is 18.3 Å². The van der Waals surface area contributed by atoms with Crippen LogP contribution in [-0.4, -0.2) is 27.1 Å². The zero-order valence-electron chi connectivity index (χ0n) is 18.0. The van der Waals surface area contributed by atoms with Crippen LogP contribution in [0.5, 0.6) is 0 Å². The van der Waals surface area contributed by atoms with Gasteiger partial charge >= 0.3 is 0 Å². The number of nitrogens with zero attached hydrogens (tertiary/aromatic N) is 1. The molecule has 0 bridgehead atoms. The van der Waals surface area contributed by atoms with E-state index in [0.717, 1.165) is 23.1 Å². The maximum absolute atomic E-state index is 12.4. The van der Waals surface area contributed by atoms with Crippen LogP contribution in [0.4, 0.5) is 5.69 Å². The van der Waals surface area contributed by atoms with Crippen molar-refractivity contribution in [3.8, 4) is 0 Å². The molecule has 5 nitrogen and oxygen atoms in total. The first kappa shape index (κ1) is 22.9. The van der Waals surface area contributed by atoms with Crippen LogP contribution in [0.3, 0.4) is 0 Å². The van der Waals surface area contributed by atoms with E-state index in [1.54, 1.807) is 0 Å². The molecule has 29 heavy (non-hydrogen) atoms. The molecule has 0 aromatic heterocycles. The molecule has 2 aromatic rings. The minimum atomic E-state index is -3.41. The van der Waals surface area contributed by atoms with E-state index < -0.39 is 10.0 Å². The molecule has 0 aliphatic rings. The number of rotatable bonds is 9. The Morgan fingerprint density at radius 2 is 1.76 bits per heavy atom. The number of hydrogen-bond donors (Lipinski definition) is 1. The Kier molecular flexibility index (Phi) is 7.85. The predicted molar refractivity (Wildman–Crippen MR) is 120 cm³/mol. The molecular weight excluding hydrogens is 384 g/mol. The van der Waals surface area contributed by atoms with Crippen LogP contribution in [0.25, 0.3) is 0 Å². The lowest BCUT2D eigenvalue weighted by molar-refractivity contribution is -0.121. The molecular formula is C23H32N2O3S. The third-order valence-electron chi connectivity index (χ3n) is 5.07. The van der Waals surface area contributed by atoms with E-state index in [1.807, 2.05) is 57.2 Å². The van der Waals surface area contributed by atoms with Crippen molar-refractivity contribution in [2.45, 2.75) is 53.0 Å². The molecule has 2 aromatic carbocycles. The van der Waals surface area contributed by atoms with Gasteiger partial charge < -0.3 is 5.32 Å². The maximum Gasteiger partial charge on any atom is 0.232 e. The fourth-order valence-electron chi connectivity index (χ4n) is 3.47. The summed E-state index contributed by atoms with van der Waals surface area (Å²) in [6.07, 6.45) is 2.82. The lowest BCUT2D eigenvalue weighted by Gasteiger charge is -2.23. The Bertz CT molecular complexity index is 937. The number of benzene rings is 2. The highest BCUT2D eigenvalue weighted by molar-refractivity contribution is 7.92. The summed E-state index contributed by atoms with van der Waals surface area (Å²) in [5, 5.41) is 3.02. The first-order chi connectivity index (χ1) is 13.6. The minimum absolute atomic E-state index is 0.0766. The zero-order chi connectivity index (χ0) is 21.6. The molecule has 1 atom stereocenters. The van der Waals surface area contributed by atoms with Crippen molar-refractivity contribution in [3.05, 3.63) is 64.7 Å². The van der Waals surface area contributed by atoms with Gasteiger partial charge in [-0.25, -0.2) is 8.42 Å². The van der Waals surface area contributed by atoms with Gasteiger partial charge in [0.25, 0.3) is 0 Å². The number of sulfonamides is 1. The summed E-state index contributed by atoms with van der Waals surface area (Å²) in [6, 6.07) is 13.6. The number of hydrogen-bond acceptors (Lipinski definition) is 3. The van der Waals surface area contributed by atoms with Crippen molar-refractivity contribution >= 4 is 21.6 Å². The van der Waals surface area contributed by atoms with E-state index >= 15 is 0 Å². The standard InChI is InChI=1S/C23H32N2O3S/c1-6-20-10-12-21(13-11-20)25(29(5,27)28)15-7-8-23(26)24-19(4)22-14-9-17(2)16-18(22)3/h9-14,16,19H,6-8,15H2,1-5H3,(H,24,26). The van der Waals surface area contributed by atoms with Crippen LogP contribution < -0.4 is 9.62 Å². The molecule has 0 aliphatic heterocycles. The van der Waals surface area contributed by atoms with Gasteiger partial charge in [0.1, 0.15) is 0 Å². The molecule has 0 saturated carbocycles. The first-order valence-electron chi connectivity index (χ1n) is 10.0. The molecule has 1 N–H and O–H groups in total. The highest BCUT2D eigenvalue weighted by Gasteiger charge is 2.18. The van der Waals surface area contributed by atoms with Crippen molar-refractivity contribution in [1.29, 1.82) is 0 Å². The normalized spacial score (nSPS) is 12.4. The molecule has 1 amide bonds. The van der Waals surface area contributed by atoms with Gasteiger partial charge in [-0.3, -0.25) is 9.10 Å². The zero-order valence-corrected chi connectivity index (χ0v) is 18.8. The van der Waals surface area contributed by atoms with Crippen molar-refractivity contribution in [1.82, 2.24) is 5.32 Å². The van der Waals surface area contributed by atoms with Crippen LogP contribution in [0.2, 0.25) is 0 Å². The fourth-order valence-corrected chi connectivity index (χ4v) is 4.44. The second-order valence-corrected chi connectivity index (χ2v) is 9.51. The lowest BCUT2D eigenvalue weighted by Crippen LogP contribution is -2.32. The molecule has 1 unspecified atom stereocenters. The van der Waals surface area contributed by atoms with Crippen LogP contribution >= 0.6 is 0 Å². The van der Waals surface area contributed by atoms with Gasteiger partial charge in [-0.05, 0) is 62.4 Å². The Labute approximate surface area is 175 Å². The predicted octanol–water partition coefficient (Wildman–Crippen LogP) is 4.29. The summed E-state index contributed by atoms with van der Waals surface area (Å²) >= 11 is 0. The molecule has 2 rings (SSSR count). The Hall–Kier alpha value is -2.34. The smallest absolute Gasteiger partial charge is 0.232 e. The third-order valence-corrected chi connectivity index (χ3v) is 6.26. The molecule has 0 heterocycles. The third kappa shape index (κ3) is 6.60. The first-order valence-corrected chi connectivity index (χ1v) is 11.9. The summed E-state index contributed by atoms with van der Waals surface area (Å²) in [5.41, 5.74) is 5.22. The van der Waals surface area contributed by atoms with Gasteiger partial charge in [-0.2, -0.15) is 0 Å². The summed E-state index contributed by atoms with van der Waals surface area (Å²) in [7, 11) is -3.41. The van der Waals surface area contributed by atoms with E-state index in [4.69, 9.17) is 0 Å². The number of amides is 1. The van der Waals surface area contributed by atoms with Crippen molar-refractivity contribution in [2.24, 2.45) is 0 Å². The second-order valence-electron chi connectivity index (χ2n) is 7.61. The van der Waals surface area contributed by atoms with E-state index in [0.29, 0.717) is 12.1 Å². The van der Waals surface area contributed by atoms with Gasteiger partial charge in [-0.1, -0.05) is 42.8 Å². The average molecular weight is 417 g/mol. The Morgan fingerprint density at radius 1 is 1.10 bits per heavy atom. The second kappa shape index (κ2) is 9.92. The molecule has 0 aliphatic carbocycles.